The maximum absolute atomic E-state index is 10.6. The van der Waals surface area contributed by atoms with Gasteiger partial charge >= 0.3 is 0 Å². The average Bonchev–Trinajstić information content (AvgIpc) is 3.25. The molecule has 1 heterocycles. The van der Waals surface area contributed by atoms with E-state index in [2.05, 4.69) is 11.1 Å². The van der Waals surface area contributed by atoms with Crippen LogP contribution in [-0.4, -0.2) is 10.1 Å². The molecule has 0 radical (unpaired) electrons. The monoisotopic (exact) mass is 274 g/mol. The van der Waals surface area contributed by atoms with E-state index in [0.29, 0.717) is 22.3 Å². The van der Waals surface area contributed by atoms with Gasteiger partial charge in [0.15, 0.2) is 0 Å². The number of pyridine rings is 1. The fraction of sp³-hybridized carbons (Fsp3) is 0.267. The molecule has 0 amide bonds. The predicted molar refractivity (Wildman–Crippen MR) is 76.1 cm³/mol. The molecule has 0 aliphatic heterocycles. The first-order chi connectivity index (χ1) is 9.16. The normalized spacial score (nSPS) is 16.3. The van der Waals surface area contributed by atoms with Gasteiger partial charge in [0, 0.05) is 11.8 Å². The summed E-state index contributed by atoms with van der Waals surface area (Å²) in [6.45, 7) is 0. The number of hydrogen-bond donors (Lipinski definition) is 2. The molecule has 4 heteroatoms. The Labute approximate surface area is 117 Å². The van der Waals surface area contributed by atoms with E-state index in [4.69, 9.17) is 17.3 Å². The predicted octanol–water partition coefficient (Wildman–Crippen LogP) is 3.28. The van der Waals surface area contributed by atoms with Crippen LogP contribution >= 0.6 is 11.6 Å². The molecule has 0 saturated heterocycles. The number of aromatic nitrogens is 1. The summed E-state index contributed by atoms with van der Waals surface area (Å²) < 4.78 is 0. The fourth-order valence-corrected chi connectivity index (χ4v) is 2.54. The van der Waals surface area contributed by atoms with E-state index in [1.807, 2.05) is 18.2 Å². The van der Waals surface area contributed by atoms with Gasteiger partial charge in [-0.2, -0.15) is 0 Å². The van der Waals surface area contributed by atoms with E-state index in [1.54, 1.807) is 6.07 Å². The van der Waals surface area contributed by atoms with Crippen LogP contribution in [0.4, 0.5) is 5.82 Å². The van der Waals surface area contributed by atoms with E-state index >= 15 is 0 Å². The second-order valence-corrected chi connectivity index (χ2v) is 5.37. The van der Waals surface area contributed by atoms with Crippen molar-refractivity contribution in [2.75, 3.05) is 5.73 Å². The fourth-order valence-electron chi connectivity index (χ4n) is 2.38. The van der Waals surface area contributed by atoms with Crippen molar-refractivity contribution in [2.24, 2.45) is 0 Å². The minimum Gasteiger partial charge on any atom is -0.384 e. The summed E-state index contributed by atoms with van der Waals surface area (Å²) >= 11 is 5.93. The molecule has 3 N–H and O–H groups in total. The van der Waals surface area contributed by atoms with Gasteiger partial charge in [0.2, 0.25) is 0 Å². The number of rotatable bonds is 3. The Morgan fingerprint density at radius 2 is 2.00 bits per heavy atom. The molecule has 1 fully saturated rings. The van der Waals surface area contributed by atoms with E-state index in [-0.39, 0.29) is 0 Å². The Bertz CT molecular complexity index is 611. The number of nitrogens with two attached hydrogens (primary N) is 1. The van der Waals surface area contributed by atoms with E-state index in [1.165, 1.54) is 24.6 Å². The van der Waals surface area contributed by atoms with Gasteiger partial charge in [0.05, 0.1) is 5.02 Å². The average molecular weight is 275 g/mol. The van der Waals surface area contributed by atoms with Crippen LogP contribution in [0.25, 0.3) is 0 Å². The van der Waals surface area contributed by atoms with E-state index in [0.717, 1.165) is 5.56 Å². The lowest BCUT2D eigenvalue weighted by atomic mass is 9.95. The van der Waals surface area contributed by atoms with Crippen LogP contribution in [0.1, 0.15) is 41.6 Å². The third-order valence-corrected chi connectivity index (χ3v) is 3.73. The highest BCUT2D eigenvalue weighted by Gasteiger charge is 2.28. The first kappa shape index (κ1) is 12.5. The SMILES string of the molecule is Nc1ncc(Cl)cc1C(O)c1ccccc1C1CC1. The number of aliphatic hydroxyl groups is 1. The van der Waals surface area contributed by atoms with Gasteiger partial charge in [-0.15, -0.1) is 0 Å². The Balaban J connectivity index is 2.04. The molecule has 1 aromatic heterocycles. The molecule has 1 aliphatic rings. The van der Waals surface area contributed by atoms with Crippen LogP contribution < -0.4 is 5.73 Å². The summed E-state index contributed by atoms with van der Waals surface area (Å²) in [7, 11) is 0. The van der Waals surface area contributed by atoms with Gasteiger partial charge < -0.3 is 10.8 Å². The zero-order chi connectivity index (χ0) is 13.4. The summed E-state index contributed by atoms with van der Waals surface area (Å²) in [4.78, 5) is 4.00. The molecule has 2 aromatic rings. The minimum absolute atomic E-state index is 0.322. The van der Waals surface area contributed by atoms with Crippen LogP contribution in [0.2, 0.25) is 5.02 Å². The molecule has 1 aromatic carbocycles. The Morgan fingerprint density at radius 1 is 1.26 bits per heavy atom. The second kappa shape index (κ2) is 4.83. The quantitative estimate of drug-likeness (QED) is 0.903. The third kappa shape index (κ3) is 2.44. The number of nitrogens with zero attached hydrogens (tertiary/aromatic N) is 1. The maximum Gasteiger partial charge on any atom is 0.129 e. The van der Waals surface area contributed by atoms with Crippen LogP contribution in [-0.2, 0) is 0 Å². The Kier molecular flexibility index (Phi) is 3.17. The van der Waals surface area contributed by atoms with Crippen LogP contribution in [0, 0.1) is 0 Å². The molecule has 1 saturated carbocycles. The third-order valence-electron chi connectivity index (χ3n) is 3.52. The topological polar surface area (TPSA) is 59.1 Å². The number of aliphatic hydroxyl groups excluding tert-OH is 1. The molecule has 0 spiro atoms. The summed E-state index contributed by atoms with van der Waals surface area (Å²) in [6.07, 6.45) is 3.09. The maximum atomic E-state index is 10.6. The van der Waals surface area contributed by atoms with Gasteiger partial charge in [-0.05, 0) is 36.0 Å². The molecule has 19 heavy (non-hydrogen) atoms. The Hall–Kier alpha value is -1.58. The van der Waals surface area contributed by atoms with Crippen molar-refractivity contribution in [3.05, 3.63) is 58.2 Å². The molecule has 3 nitrogen and oxygen atoms in total. The lowest BCUT2D eigenvalue weighted by Crippen LogP contribution is -2.07. The van der Waals surface area contributed by atoms with Crippen molar-refractivity contribution in [3.8, 4) is 0 Å². The van der Waals surface area contributed by atoms with Gasteiger partial charge in [0.1, 0.15) is 11.9 Å². The zero-order valence-corrected chi connectivity index (χ0v) is 11.1. The lowest BCUT2D eigenvalue weighted by Gasteiger charge is -2.17. The summed E-state index contributed by atoms with van der Waals surface area (Å²) in [5.41, 5.74) is 8.52. The van der Waals surface area contributed by atoms with Crippen molar-refractivity contribution < 1.29 is 5.11 Å². The van der Waals surface area contributed by atoms with Crippen molar-refractivity contribution in [3.63, 3.8) is 0 Å². The smallest absolute Gasteiger partial charge is 0.129 e. The highest BCUT2D eigenvalue weighted by atomic mass is 35.5. The number of anilines is 1. The second-order valence-electron chi connectivity index (χ2n) is 4.93. The number of hydrogen-bond acceptors (Lipinski definition) is 3. The van der Waals surface area contributed by atoms with E-state index < -0.39 is 6.10 Å². The van der Waals surface area contributed by atoms with Gasteiger partial charge in [0.25, 0.3) is 0 Å². The number of nitrogen functional groups attached to an aromatic ring is 1. The molecular formula is C15H15ClN2O. The first-order valence-corrected chi connectivity index (χ1v) is 6.72. The van der Waals surface area contributed by atoms with Crippen molar-refractivity contribution in [1.29, 1.82) is 0 Å². The van der Waals surface area contributed by atoms with E-state index in [9.17, 15) is 5.11 Å². The summed E-state index contributed by atoms with van der Waals surface area (Å²) in [5.74, 6) is 0.890. The Morgan fingerprint density at radius 3 is 2.74 bits per heavy atom. The standard InChI is InChI=1S/C15H15ClN2O/c16-10-7-13(15(17)18-8-10)14(19)12-4-2-1-3-11(12)9-5-6-9/h1-4,7-9,14,19H,5-6H2,(H2,17,18). The zero-order valence-electron chi connectivity index (χ0n) is 10.4. The van der Waals surface area contributed by atoms with Crippen LogP contribution in [0.15, 0.2) is 36.5 Å². The highest BCUT2D eigenvalue weighted by molar-refractivity contribution is 6.30. The highest BCUT2D eigenvalue weighted by Crippen LogP contribution is 2.44. The molecule has 0 bridgehead atoms. The van der Waals surface area contributed by atoms with Crippen molar-refractivity contribution >= 4 is 17.4 Å². The minimum atomic E-state index is -0.775. The molecule has 1 atom stereocenters. The van der Waals surface area contributed by atoms with Crippen LogP contribution in [0.3, 0.4) is 0 Å². The first-order valence-electron chi connectivity index (χ1n) is 6.34. The molecular weight excluding hydrogens is 260 g/mol. The molecule has 3 rings (SSSR count). The molecule has 98 valence electrons. The summed E-state index contributed by atoms with van der Waals surface area (Å²) in [5, 5.41) is 11.1. The lowest BCUT2D eigenvalue weighted by molar-refractivity contribution is 0.219. The van der Waals surface area contributed by atoms with Crippen molar-refractivity contribution in [2.45, 2.75) is 24.9 Å². The van der Waals surface area contributed by atoms with Crippen LogP contribution in [0.5, 0.6) is 0 Å². The molecule has 1 aliphatic carbocycles. The van der Waals surface area contributed by atoms with Gasteiger partial charge in [-0.3, -0.25) is 0 Å². The number of benzene rings is 1. The van der Waals surface area contributed by atoms with Crippen molar-refractivity contribution in [1.82, 2.24) is 4.98 Å². The number of halogens is 1. The van der Waals surface area contributed by atoms with Gasteiger partial charge in [-0.1, -0.05) is 35.9 Å². The molecule has 1 unspecified atom stereocenters. The van der Waals surface area contributed by atoms with Gasteiger partial charge in [-0.25, -0.2) is 4.98 Å². The summed E-state index contributed by atoms with van der Waals surface area (Å²) in [6, 6.07) is 9.63. The largest absolute Gasteiger partial charge is 0.384 e.